The van der Waals surface area contributed by atoms with E-state index in [4.69, 9.17) is 16.3 Å². The van der Waals surface area contributed by atoms with Crippen LogP contribution >= 0.6 is 11.6 Å². The Kier molecular flexibility index (Phi) is 5.01. The zero-order chi connectivity index (χ0) is 20.4. The maximum absolute atomic E-state index is 12.6. The van der Waals surface area contributed by atoms with E-state index in [0.29, 0.717) is 16.5 Å². The Balaban J connectivity index is 1.58. The number of nitrogens with one attached hydrogen (secondary N) is 1. The monoisotopic (exact) mass is 409 g/mol. The number of benzene rings is 2. The fourth-order valence-corrected chi connectivity index (χ4v) is 2.81. The second-order valence-electron chi connectivity index (χ2n) is 6.34. The molecule has 0 aliphatic carbocycles. The van der Waals surface area contributed by atoms with Gasteiger partial charge in [0.15, 0.2) is 0 Å². The number of amides is 1. The van der Waals surface area contributed by atoms with Gasteiger partial charge in [-0.1, -0.05) is 29.3 Å². The van der Waals surface area contributed by atoms with Gasteiger partial charge >= 0.3 is 5.69 Å². The van der Waals surface area contributed by atoms with Gasteiger partial charge in [0.2, 0.25) is 11.6 Å². The number of ether oxygens (including phenoxy) is 1. The number of carbonyl (C=O) groups excluding carboxylic acids is 1. The van der Waals surface area contributed by atoms with E-state index in [9.17, 15) is 9.59 Å². The Morgan fingerprint density at radius 2 is 1.86 bits per heavy atom. The minimum atomic E-state index is -0.470. The van der Waals surface area contributed by atoms with E-state index in [-0.39, 0.29) is 18.1 Å². The first-order valence-corrected chi connectivity index (χ1v) is 9.11. The largest absolute Gasteiger partial charge is 0.436 e. The van der Waals surface area contributed by atoms with Crippen molar-refractivity contribution in [3.63, 3.8) is 0 Å². The average molecular weight is 410 g/mol. The highest BCUT2D eigenvalue weighted by Gasteiger charge is 2.15. The van der Waals surface area contributed by atoms with Crippen molar-refractivity contribution < 1.29 is 9.53 Å². The van der Waals surface area contributed by atoms with Gasteiger partial charge in [-0.15, -0.1) is 5.10 Å². The van der Waals surface area contributed by atoms with Crippen molar-refractivity contribution in [2.75, 3.05) is 5.32 Å². The van der Waals surface area contributed by atoms with Gasteiger partial charge in [0.05, 0.1) is 0 Å². The molecule has 0 saturated heterocycles. The van der Waals surface area contributed by atoms with E-state index in [1.165, 1.54) is 16.8 Å². The lowest BCUT2D eigenvalue weighted by molar-refractivity contribution is -0.117. The number of aromatic nitrogens is 4. The van der Waals surface area contributed by atoms with Crippen molar-refractivity contribution in [1.82, 2.24) is 19.2 Å². The van der Waals surface area contributed by atoms with Crippen molar-refractivity contribution in [3.05, 3.63) is 82.0 Å². The number of nitrogens with zero attached hydrogens (tertiary/aromatic N) is 4. The molecular weight excluding hydrogens is 394 g/mol. The van der Waals surface area contributed by atoms with Gasteiger partial charge in [0, 0.05) is 23.1 Å². The first kappa shape index (κ1) is 18.7. The lowest BCUT2D eigenvalue weighted by atomic mass is 10.2. The zero-order valence-corrected chi connectivity index (χ0v) is 16.1. The normalized spacial score (nSPS) is 10.8. The maximum Gasteiger partial charge on any atom is 0.351 e. The topological polar surface area (TPSA) is 90.5 Å². The van der Waals surface area contributed by atoms with Crippen LogP contribution in [-0.2, 0) is 11.3 Å². The Morgan fingerprint density at radius 3 is 2.59 bits per heavy atom. The molecule has 0 aliphatic heterocycles. The van der Waals surface area contributed by atoms with Crippen LogP contribution in [-0.4, -0.2) is 25.1 Å². The predicted octanol–water partition coefficient (Wildman–Crippen LogP) is 3.28. The number of hydrogen-bond acceptors (Lipinski definition) is 5. The highest BCUT2D eigenvalue weighted by molar-refractivity contribution is 6.30. The molecule has 0 atom stereocenters. The van der Waals surface area contributed by atoms with Gasteiger partial charge in [-0.25, -0.2) is 18.9 Å². The van der Waals surface area contributed by atoms with Crippen LogP contribution in [0.3, 0.4) is 0 Å². The molecule has 0 unspecified atom stereocenters. The van der Waals surface area contributed by atoms with Crippen molar-refractivity contribution in [3.8, 4) is 11.6 Å². The molecule has 1 amide bonds. The SMILES string of the molecule is Cc1ccc(Oc2nccn3c(=O)n(CC(=O)Nc4ccc(Cl)cc4)nc23)cc1. The minimum Gasteiger partial charge on any atom is -0.436 e. The highest BCUT2D eigenvalue weighted by atomic mass is 35.5. The molecule has 2 heterocycles. The van der Waals surface area contributed by atoms with Crippen LogP contribution in [0.1, 0.15) is 5.56 Å². The molecular formula is C20H16ClN5O3. The first-order chi connectivity index (χ1) is 14.0. The summed E-state index contributed by atoms with van der Waals surface area (Å²) in [5.41, 5.74) is 1.41. The van der Waals surface area contributed by atoms with Crippen molar-refractivity contribution in [2.24, 2.45) is 0 Å². The van der Waals surface area contributed by atoms with Crippen molar-refractivity contribution >= 4 is 28.8 Å². The Labute approximate surface area is 170 Å². The first-order valence-electron chi connectivity index (χ1n) is 8.74. The van der Waals surface area contributed by atoms with Gasteiger partial charge in [0.25, 0.3) is 5.88 Å². The van der Waals surface area contributed by atoms with E-state index in [0.717, 1.165) is 10.2 Å². The number of anilines is 1. The Hall–Kier alpha value is -3.65. The molecule has 0 fully saturated rings. The van der Waals surface area contributed by atoms with Crippen LogP contribution in [0.25, 0.3) is 5.65 Å². The van der Waals surface area contributed by atoms with Crippen LogP contribution in [0.4, 0.5) is 5.69 Å². The molecule has 0 saturated carbocycles. The number of aryl methyl sites for hydroxylation is 1. The van der Waals surface area contributed by atoms with Crippen LogP contribution in [0, 0.1) is 6.92 Å². The van der Waals surface area contributed by atoms with E-state index in [1.54, 1.807) is 36.4 Å². The molecule has 2 aromatic heterocycles. The Morgan fingerprint density at radius 1 is 1.14 bits per heavy atom. The number of fused-ring (bicyclic) bond motifs is 1. The summed E-state index contributed by atoms with van der Waals surface area (Å²) >= 11 is 5.84. The number of halogens is 1. The lowest BCUT2D eigenvalue weighted by Crippen LogP contribution is -2.28. The van der Waals surface area contributed by atoms with Crippen molar-refractivity contribution in [1.29, 1.82) is 0 Å². The van der Waals surface area contributed by atoms with Crippen LogP contribution in [0.5, 0.6) is 11.6 Å². The van der Waals surface area contributed by atoms with Gasteiger partial charge in [-0.3, -0.25) is 4.79 Å². The van der Waals surface area contributed by atoms with Crippen molar-refractivity contribution in [2.45, 2.75) is 13.5 Å². The maximum atomic E-state index is 12.6. The van der Waals surface area contributed by atoms with Crippen LogP contribution < -0.4 is 15.7 Å². The van der Waals surface area contributed by atoms with Gasteiger partial charge in [-0.05, 0) is 43.3 Å². The Bertz CT molecular complexity index is 1230. The molecule has 8 nitrogen and oxygen atoms in total. The molecule has 2 aromatic carbocycles. The summed E-state index contributed by atoms with van der Waals surface area (Å²) in [5, 5.41) is 7.48. The summed E-state index contributed by atoms with van der Waals surface area (Å²) in [6.45, 7) is 1.71. The smallest absolute Gasteiger partial charge is 0.351 e. The predicted molar refractivity (Wildman–Crippen MR) is 109 cm³/mol. The van der Waals surface area contributed by atoms with Gasteiger partial charge in [0.1, 0.15) is 12.3 Å². The molecule has 1 N–H and O–H groups in total. The second-order valence-corrected chi connectivity index (χ2v) is 6.77. The molecule has 0 aliphatic rings. The van der Waals surface area contributed by atoms with Crippen LogP contribution in [0.2, 0.25) is 5.02 Å². The quantitative estimate of drug-likeness (QED) is 0.546. The summed E-state index contributed by atoms with van der Waals surface area (Å²) in [5.74, 6) is 0.343. The van der Waals surface area contributed by atoms with E-state index in [2.05, 4.69) is 15.4 Å². The lowest BCUT2D eigenvalue weighted by Gasteiger charge is -2.05. The highest BCUT2D eigenvalue weighted by Crippen LogP contribution is 2.22. The average Bonchev–Trinajstić information content (AvgIpc) is 3.02. The number of hydrogen-bond donors (Lipinski definition) is 1. The standard InChI is InChI=1S/C20H16ClN5O3/c1-13-2-8-16(9-3-13)29-19-18-24-26(20(28)25(18)11-10-22-19)12-17(27)23-15-6-4-14(21)5-7-15/h2-11H,12H2,1H3,(H,23,27). The third-order valence-corrected chi connectivity index (χ3v) is 4.38. The summed E-state index contributed by atoms with van der Waals surface area (Å²) in [4.78, 5) is 29.1. The molecule has 0 bridgehead atoms. The van der Waals surface area contributed by atoms with Gasteiger partial charge in [-0.2, -0.15) is 0 Å². The molecule has 4 aromatic rings. The van der Waals surface area contributed by atoms with Gasteiger partial charge < -0.3 is 10.1 Å². The zero-order valence-electron chi connectivity index (χ0n) is 15.4. The summed E-state index contributed by atoms with van der Waals surface area (Å²) in [6.07, 6.45) is 2.91. The number of rotatable bonds is 5. The van der Waals surface area contributed by atoms with E-state index < -0.39 is 11.6 Å². The molecule has 29 heavy (non-hydrogen) atoms. The second kappa shape index (κ2) is 7.76. The third-order valence-electron chi connectivity index (χ3n) is 4.13. The summed E-state index contributed by atoms with van der Waals surface area (Å²) in [7, 11) is 0. The molecule has 9 heteroatoms. The molecule has 0 spiro atoms. The molecule has 4 rings (SSSR count). The fourth-order valence-electron chi connectivity index (χ4n) is 2.69. The van der Waals surface area contributed by atoms with E-state index >= 15 is 0 Å². The number of carbonyl (C=O) groups is 1. The summed E-state index contributed by atoms with van der Waals surface area (Å²) < 4.78 is 8.11. The van der Waals surface area contributed by atoms with Crippen LogP contribution in [0.15, 0.2) is 65.7 Å². The fraction of sp³-hybridized carbons (Fsp3) is 0.100. The minimum absolute atomic E-state index is 0.172. The molecule has 0 radical (unpaired) electrons. The third kappa shape index (κ3) is 4.12. The molecule has 146 valence electrons. The van der Waals surface area contributed by atoms with E-state index in [1.807, 2.05) is 19.1 Å². The summed E-state index contributed by atoms with van der Waals surface area (Å²) in [6, 6.07) is 14.1.